The Balaban J connectivity index is 1.91. The van der Waals surface area contributed by atoms with Gasteiger partial charge in [0.2, 0.25) is 5.88 Å². The first kappa shape index (κ1) is 20.7. The monoisotopic (exact) mass is 417 g/mol. The fourth-order valence-electron chi connectivity index (χ4n) is 3.69. The van der Waals surface area contributed by atoms with Crippen molar-refractivity contribution in [3.05, 3.63) is 82.2 Å². The number of rotatable bonds is 3. The molecule has 0 unspecified atom stereocenters. The van der Waals surface area contributed by atoms with E-state index in [0.717, 1.165) is 22.3 Å². The third kappa shape index (κ3) is 3.69. The van der Waals surface area contributed by atoms with Crippen LogP contribution in [0.2, 0.25) is 0 Å². The molecule has 2 aromatic carbocycles. The van der Waals surface area contributed by atoms with Crippen LogP contribution >= 0.6 is 0 Å². The molecular formula is C25H24FN3O2. The van der Waals surface area contributed by atoms with Crippen LogP contribution in [0.1, 0.15) is 31.9 Å². The minimum atomic E-state index is -0.531. The molecule has 2 aromatic heterocycles. The molecular weight excluding hydrogens is 393 g/mol. The van der Waals surface area contributed by atoms with Crippen LogP contribution in [0.25, 0.3) is 27.6 Å². The SMILES string of the molecule is COc1cc(-c2cccc(-n3ncc4cc(C(C)(C)C)cc(F)c4c3=O)c2C)ccn1. The van der Waals surface area contributed by atoms with Crippen LogP contribution in [0.15, 0.2) is 59.7 Å². The Morgan fingerprint density at radius 1 is 1.10 bits per heavy atom. The van der Waals surface area contributed by atoms with Gasteiger partial charge >= 0.3 is 0 Å². The number of hydrogen-bond donors (Lipinski definition) is 0. The molecule has 0 fully saturated rings. The Labute approximate surface area is 180 Å². The van der Waals surface area contributed by atoms with E-state index in [9.17, 15) is 9.18 Å². The molecule has 0 radical (unpaired) electrons. The summed E-state index contributed by atoms with van der Waals surface area (Å²) in [6, 6.07) is 12.6. The maximum Gasteiger partial charge on any atom is 0.282 e. The largest absolute Gasteiger partial charge is 0.481 e. The summed E-state index contributed by atoms with van der Waals surface area (Å²) in [4.78, 5) is 17.4. The minimum absolute atomic E-state index is 0.0402. The number of hydrogen-bond acceptors (Lipinski definition) is 4. The van der Waals surface area contributed by atoms with E-state index in [1.165, 1.54) is 10.7 Å². The lowest BCUT2D eigenvalue weighted by atomic mass is 9.86. The van der Waals surface area contributed by atoms with E-state index in [-0.39, 0.29) is 10.8 Å². The molecule has 0 aliphatic carbocycles. The van der Waals surface area contributed by atoms with Gasteiger partial charge in [-0.3, -0.25) is 4.79 Å². The van der Waals surface area contributed by atoms with Crippen molar-refractivity contribution in [2.45, 2.75) is 33.1 Å². The summed E-state index contributed by atoms with van der Waals surface area (Å²) in [5, 5.41) is 4.91. The van der Waals surface area contributed by atoms with Crippen molar-refractivity contribution in [2.24, 2.45) is 0 Å². The summed E-state index contributed by atoms with van der Waals surface area (Å²) in [7, 11) is 1.56. The van der Waals surface area contributed by atoms with Crippen molar-refractivity contribution >= 4 is 10.8 Å². The fraction of sp³-hybridized carbons (Fsp3) is 0.240. The molecule has 0 aliphatic heterocycles. The molecule has 5 nitrogen and oxygen atoms in total. The predicted octanol–water partition coefficient (Wildman–Crippen LogP) is 5.20. The molecule has 0 atom stereocenters. The average molecular weight is 417 g/mol. The second-order valence-electron chi connectivity index (χ2n) is 8.57. The Morgan fingerprint density at radius 2 is 1.87 bits per heavy atom. The maximum atomic E-state index is 15.0. The van der Waals surface area contributed by atoms with Gasteiger partial charge in [-0.15, -0.1) is 0 Å². The first-order valence-electron chi connectivity index (χ1n) is 10.0. The summed E-state index contributed by atoms with van der Waals surface area (Å²) >= 11 is 0. The molecule has 0 amide bonds. The first-order chi connectivity index (χ1) is 14.7. The van der Waals surface area contributed by atoms with Crippen molar-refractivity contribution in [1.29, 1.82) is 0 Å². The highest BCUT2D eigenvalue weighted by Gasteiger charge is 2.19. The zero-order chi connectivity index (χ0) is 22.3. The molecule has 0 spiro atoms. The van der Waals surface area contributed by atoms with Crippen molar-refractivity contribution in [3.8, 4) is 22.7 Å². The topological polar surface area (TPSA) is 57.0 Å². The molecule has 4 rings (SSSR count). The van der Waals surface area contributed by atoms with Crippen LogP contribution < -0.4 is 10.3 Å². The molecule has 2 heterocycles. The van der Waals surface area contributed by atoms with Gasteiger partial charge in [-0.25, -0.2) is 9.37 Å². The van der Waals surface area contributed by atoms with Gasteiger partial charge in [0.05, 0.1) is 24.4 Å². The molecule has 0 saturated heterocycles. The summed E-state index contributed by atoms with van der Waals surface area (Å²) < 4.78 is 21.5. The summed E-state index contributed by atoms with van der Waals surface area (Å²) in [6.45, 7) is 7.93. The highest BCUT2D eigenvalue weighted by molar-refractivity contribution is 5.83. The van der Waals surface area contributed by atoms with Crippen LogP contribution in [0.3, 0.4) is 0 Å². The van der Waals surface area contributed by atoms with Gasteiger partial charge in [-0.05, 0) is 58.9 Å². The summed E-state index contributed by atoms with van der Waals surface area (Å²) in [5.74, 6) is -0.0312. The van der Waals surface area contributed by atoms with Gasteiger partial charge in [0.25, 0.3) is 5.56 Å². The Kier molecular flexibility index (Phi) is 5.09. The van der Waals surface area contributed by atoms with E-state index in [1.807, 2.05) is 58.0 Å². The zero-order valence-corrected chi connectivity index (χ0v) is 18.2. The van der Waals surface area contributed by atoms with E-state index in [2.05, 4.69) is 10.1 Å². The lowest BCUT2D eigenvalue weighted by molar-refractivity contribution is 0.398. The quantitative estimate of drug-likeness (QED) is 0.460. The maximum absolute atomic E-state index is 15.0. The minimum Gasteiger partial charge on any atom is -0.481 e. The second kappa shape index (κ2) is 7.61. The van der Waals surface area contributed by atoms with E-state index < -0.39 is 11.4 Å². The molecule has 0 N–H and O–H groups in total. The van der Waals surface area contributed by atoms with E-state index in [4.69, 9.17) is 4.74 Å². The van der Waals surface area contributed by atoms with E-state index in [1.54, 1.807) is 25.6 Å². The smallest absolute Gasteiger partial charge is 0.282 e. The second-order valence-corrected chi connectivity index (χ2v) is 8.57. The van der Waals surface area contributed by atoms with Crippen LogP contribution in [0.5, 0.6) is 5.88 Å². The lowest BCUT2D eigenvalue weighted by Crippen LogP contribution is -2.23. The van der Waals surface area contributed by atoms with E-state index >= 15 is 0 Å². The molecule has 0 bridgehead atoms. The highest BCUT2D eigenvalue weighted by atomic mass is 19.1. The van der Waals surface area contributed by atoms with Crippen LogP contribution in [-0.2, 0) is 5.41 Å². The van der Waals surface area contributed by atoms with Crippen molar-refractivity contribution < 1.29 is 9.13 Å². The van der Waals surface area contributed by atoms with E-state index in [0.29, 0.717) is 17.0 Å². The van der Waals surface area contributed by atoms with Gasteiger partial charge in [-0.2, -0.15) is 9.78 Å². The van der Waals surface area contributed by atoms with Gasteiger partial charge < -0.3 is 4.74 Å². The highest BCUT2D eigenvalue weighted by Crippen LogP contribution is 2.30. The number of nitrogens with zero attached hydrogens (tertiary/aromatic N) is 3. The van der Waals surface area contributed by atoms with Crippen molar-refractivity contribution in [2.75, 3.05) is 7.11 Å². The molecule has 0 saturated carbocycles. The normalized spacial score (nSPS) is 11.7. The molecule has 4 aromatic rings. The van der Waals surface area contributed by atoms with Gasteiger partial charge in [0, 0.05) is 17.6 Å². The number of benzene rings is 2. The lowest BCUT2D eigenvalue weighted by Gasteiger charge is -2.20. The standard InChI is InChI=1S/C25H24FN3O2/c1-15-19(16-9-10-27-22(12-16)31-5)7-6-8-21(15)29-24(30)23-17(14-28-29)11-18(13-20(23)26)25(2,3)4/h6-14H,1-5H3. The number of halogens is 1. The Morgan fingerprint density at radius 3 is 2.58 bits per heavy atom. The first-order valence-corrected chi connectivity index (χ1v) is 10.0. The van der Waals surface area contributed by atoms with Gasteiger partial charge in [-0.1, -0.05) is 32.9 Å². The molecule has 0 aliphatic rings. The van der Waals surface area contributed by atoms with Crippen LogP contribution in [0.4, 0.5) is 4.39 Å². The summed E-state index contributed by atoms with van der Waals surface area (Å²) in [6.07, 6.45) is 3.22. The predicted molar refractivity (Wildman–Crippen MR) is 121 cm³/mol. The number of fused-ring (bicyclic) bond motifs is 1. The Bertz CT molecular complexity index is 1350. The van der Waals surface area contributed by atoms with Crippen LogP contribution in [-0.4, -0.2) is 21.9 Å². The van der Waals surface area contributed by atoms with Gasteiger partial charge in [0.1, 0.15) is 5.82 Å². The zero-order valence-electron chi connectivity index (χ0n) is 18.2. The van der Waals surface area contributed by atoms with Crippen LogP contribution in [0, 0.1) is 12.7 Å². The number of methoxy groups -OCH3 is 1. The Hall–Kier alpha value is -3.54. The fourth-order valence-corrected chi connectivity index (χ4v) is 3.69. The number of aromatic nitrogens is 3. The average Bonchev–Trinajstić information content (AvgIpc) is 2.73. The van der Waals surface area contributed by atoms with Crippen molar-refractivity contribution in [3.63, 3.8) is 0 Å². The third-order valence-electron chi connectivity index (χ3n) is 5.49. The summed E-state index contributed by atoms with van der Waals surface area (Å²) in [5.41, 5.74) is 3.36. The molecule has 6 heteroatoms. The van der Waals surface area contributed by atoms with Crippen molar-refractivity contribution in [1.82, 2.24) is 14.8 Å². The van der Waals surface area contributed by atoms with Gasteiger partial charge in [0.15, 0.2) is 0 Å². The molecule has 158 valence electrons. The number of ether oxygens (including phenoxy) is 1. The molecule has 31 heavy (non-hydrogen) atoms. The third-order valence-corrected chi connectivity index (χ3v) is 5.49. The number of pyridine rings is 1.